The van der Waals surface area contributed by atoms with Crippen molar-refractivity contribution in [2.45, 2.75) is 26.3 Å². The third kappa shape index (κ3) is 3.08. The maximum Gasteiger partial charge on any atom is 0.256 e. The van der Waals surface area contributed by atoms with Crippen LogP contribution in [0.2, 0.25) is 5.02 Å². The monoisotopic (exact) mass is 328 g/mol. The van der Waals surface area contributed by atoms with Crippen LogP contribution in [0.1, 0.15) is 17.5 Å². The number of benzene rings is 2. The van der Waals surface area contributed by atoms with Gasteiger partial charge < -0.3 is 5.32 Å². The highest BCUT2D eigenvalue weighted by Crippen LogP contribution is 2.26. The Kier molecular flexibility index (Phi) is 4.09. The van der Waals surface area contributed by atoms with Gasteiger partial charge in [0, 0.05) is 10.7 Å². The molecule has 1 aliphatic heterocycles. The number of rotatable bonds is 3. The zero-order chi connectivity index (χ0) is 16.6. The summed E-state index contributed by atoms with van der Waals surface area (Å²) in [5.74, 6) is -0.450. The Morgan fingerprint density at radius 2 is 1.74 bits per heavy atom. The van der Waals surface area contributed by atoms with E-state index < -0.39 is 6.04 Å². The third-order valence-electron chi connectivity index (χ3n) is 4.08. The van der Waals surface area contributed by atoms with Crippen molar-refractivity contribution in [2.75, 3.05) is 10.2 Å². The van der Waals surface area contributed by atoms with Crippen molar-refractivity contribution in [2.24, 2.45) is 0 Å². The summed E-state index contributed by atoms with van der Waals surface area (Å²) < 4.78 is 0. The number of anilines is 2. The minimum absolute atomic E-state index is 0.147. The number of aryl methyl sites for hydroxylation is 2. The predicted molar refractivity (Wildman–Crippen MR) is 91.9 cm³/mol. The third-order valence-corrected chi connectivity index (χ3v) is 4.33. The summed E-state index contributed by atoms with van der Waals surface area (Å²) >= 11 is 5.85. The van der Waals surface area contributed by atoms with Gasteiger partial charge in [0.1, 0.15) is 6.04 Å². The van der Waals surface area contributed by atoms with Crippen LogP contribution in [0.25, 0.3) is 0 Å². The molecule has 1 aliphatic rings. The molecule has 1 N–H and O–H groups in total. The first-order valence-electron chi connectivity index (χ1n) is 7.42. The van der Waals surface area contributed by atoms with E-state index in [0.29, 0.717) is 10.7 Å². The number of carbonyl (C=O) groups is 2. The SMILES string of the molecule is Cc1ccc(NC2CC(=O)N(c3ccc(Cl)cc3)C2=O)cc1C. The van der Waals surface area contributed by atoms with Crippen molar-refractivity contribution >= 4 is 34.8 Å². The van der Waals surface area contributed by atoms with Gasteiger partial charge in [-0.3, -0.25) is 9.59 Å². The highest BCUT2D eigenvalue weighted by Gasteiger charge is 2.39. The summed E-state index contributed by atoms with van der Waals surface area (Å²) in [6.07, 6.45) is 0.147. The summed E-state index contributed by atoms with van der Waals surface area (Å²) in [6.45, 7) is 4.05. The number of hydrogen-bond donors (Lipinski definition) is 1. The summed E-state index contributed by atoms with van der Waals surface area (Å²) in [4.78, 5) is 26.0. The Morgan fingerprint density at radius 1 is 1.04 bits per heavy atom. The maximum absolute atomic E-state index is 12.6. The minimum atomic E-state index is -0.541. The average Bonchev–Trinajstić information content (AvgIpc) is 2.79. The second-order valence-electron chi connectivity index (χ2n) is 5.74. The van der Waals surface area contributed by atoms with E-state index >= 15 is 0 Å². The van der Waals surface area contributed by atoms with Gasteiger partial charge in [0.15, 0.2) is 0 Å². The van der Waals surface area contributed by atoms with Crippen LogP contribution >= 0.6 is 11.6 Å². The molecule has 0 aromatic heterocycles. The minimum Gasteiger partial charge on any atom is -0.373 e. The first-order chi connectivity index (χ1) is 11.0. The molecule has 2 aromatic rings. The van der Waals surface area contributed by atoms with Crippen LogP contribution in [-0.4, -0.2) is 17.9 Å². The lowest BCUT2D eigenvalue weighted by Gasteiger charge is -2.16. The largest absolute Gasteiger partial charge is 0.373 e. The van der Waals surface area contributed by atoms with Gasteiger partial charge in [0.2, 0.25) is 5.91 Å². The fraction of sp³-hybridized carbons (Fsp3) is 0.222. The second-order valence-corrected chi connectivity index (χ2v) is 6.18. The van der Waals surface area contributed by atoms with Crippen molar-refractivity contribution in [3.63, 3.8) is 0 Å². The van der Waals surface area contributed by atoms with Crippen molar-refractivity contribution in [1.82, 2.24) is 0 Å². The van der Waals surface area contributed by atoms with Gasteiger partial charge in [-0.05, 0) is 61.4 Å². The molecule has 3 rings (SSSR count). The Hall–Kier alpha value is -2.33. The van der Waals surface area contributed by atoms with E-state index in [1.165, 1.54) is 10.5 Å². The molecule has 5 heteroatoms. The number of halogens is 1. The Morgan fingerprint density at radius 3 is 2.39 bits per heavy atom. The summed E-state index contributed by atoms with van der Waals surface area (Å²) in [6, 6.07) is 12.1. The molecule has 0 spiro atoms. The first-order valence-corrected chi connectivity index (χ1v) is 7.79. The Bertz CT molecular complexity index is 771. The molecule has 1 fully saturated rings. The van der Waals surface area contributed by atoms with Crippen molar-refractivity contribution in [3.05, 3.63) is 58.6 Å². The molecule has 1 atom stereocenters. The van der Waals surface area contributed by atoms with Crippen LogP contribution in [0.15, 0.2) is 42.5 Å². The molecule has 1 saturated heterocycles. The lowest BCUT2D eigenvalue weighted by molar-refractivity contribution is -0.121. The molecule has 4 nitrogen and oxygen atoms in total. The zero-order valence-electron chi connectivity index (χ0n) is 13.0. The van der Waals surface area contributed by atoms with E-state index in [4.69, 9.17) is 11.6 Å². The quantitative estimate of drug-likeness (QED) is 0.874. The van der Waals surface area contributed by atoms with E-state index in [0.717, 1.165) is 11.3 Å². The number of amides is 2. The average molecular weight is 329 g/mol. The van der Waals surface area contributed by atoms with E-state index in [1.54, 1.807) is 24.3 Å². The summed E-state index contributed by atoms with van der Waals surface area (Å²) in [7, 11) is 0. The van der Waals surface area contributed by atoms with Gasteiger partial charge in [-0.1, -0.05) is 17.7 Å². The van der Waals surface area contributed by atoms with E-state index in [2.05, 4.69) is 5.32 Å². The van der Waals surface area contributed by atoms with Crippen LogP contribution in [0.3, 0.4) is 0 Å². The molecule has 118 valence electrons. The lowest BCUT2D eigenvalue weighted by Crippen LogP contribution is -2.34. The van der Waals surface area contributed by atoms with Gasteiger partial charge in [-0.15, -0.1) is 0 Å². The number of imide groups is 1. The topological polar surface area (TPSA) is 49.4 Å². The van der Waals surface area contributed by atoms with Crippen molar-refractivity contribution < 1.29 is 9.59 Å². The van der Waals surface area contributed by atoms with Gasteiger partial charge in [-0.25, -0.2) is 4.90 Å². The molecule has 0 bridgehead atoms. The lowest BCUT2D eigenvalue weighted by atomic mass is 10.1. The van der Waals surface area contributed by atoms with Gasteiger partial charge in [-0.2, -0.15) is 0 Å². The van der Waals surface area contributed by atoms with Crippen LogP contribution < -0.4 is 10.2 Å². The van der Waals surface area contributed by atoms with Gasteiger partial charge in [0.05, 0.1) is 12.1 Å². The van der Waals surface area contributed by atoms with Gasteiger partial charge in [0.25, 0.3) is 5.91 Å². The van der Waals surface area contributed by atoms with E-state index in [9.17, 15) is 9.59 Å². The van der Waals surface area contributed by atoms with Crippen LogP contribution in [0.4, 0.5) is 11.4 Å². The second kappa shape index (κ2) is 6.05. The van der Waals surface area contributed by atoms with Crippen LogP contribution in [0, 0.1) is 13.8 Å². The Labute approximate surface area is 140 Å². The highest BCUT2D eigenvalue weighted by molar-refractivity contribution is 6.30. The number of nitrogens with zero attached hydrogens (tertiary/aromatic N) is 1. The fourth-order valence-corrected chi connectivity index (χ4v) is 2.76. The molecular formula is C18H17ClN2O2. The smallest absolute Gasteiger partial charge is 0.256 e. The molecular weight excluding hydrogens is 312 g/mol. The van der Waals surface area contributed by atoms with Crippen molar-refractivity contribution in [1.29, 1.82) is 0 Å². The molecule has 0 saturated carbocycles. The number of hydrogen-bond acceptors (Lipinski definition) is 3. The molecule has 2 amide bonds. The predicted octanol–water partition coefficient (Wildman–Crippen LogP) is 3.70. The zero-order valence-corrected chi connectivity index (χ0v) is 13.7. The molecule has 23 heavy (non-hydrogen) atoms. The van der Waals surface area contributed by atoms with Crippen molar-refractivity contribution in [3.8, 4) is 0 Å². The highest BCUT2D eigenvalue weighted by atomic mass is 35.5. The normalized spacial score (nSPS) is 17.7. The fourth-order valence-electron chi connectivity index (χ4n) is 2.64. The Balaban J connectivity index is 1.80. The van der Waals surface area contributed by atoms with Gasteiger partial charge >= 0.3 is 0 Å². The van der Waals surface area contributed by atoms with Crippen LogP contribution in [0.5, 0.6) is 0 Å². The van der Waals surface area contributed by atoms with E-state index in [1.807, 2.05) is 32.0 Å². The molecule has 2 aromatic carbocycles. The molecule has 0 aliphatic carbocycles. The maximum atomic E-state index is 12.6. The molecule has 1 heterocycles. The molecule has 0 radical (unpaired) electrons. The number of nitrogens with one attached hydrogen (secondary N) is 1. The standard InChI is InChI=1S/C18H17ClN2O2/c1-11-3-6-14(9-12(11)2)20-16-10-17(22)21(18(16)23)15-7-4-13(19)5-8-15/h3-9,16,20H,10H2,1-2H3. The summed E-state index contributed by atoms with van der Waals surface area (Å²) in [5, 5.41) is 3.73. The number of carbonyl (C=O) groups excluding carboxylic acids is 2. The first kappa shape index (κ1) is 15.6. The summed E-state index contributed by atoms with van der Waals surface area (Å²) in [5.41, 5.74) is 3.72. The van der Waals surface area contributed by atoms with Crippen LogP contribution in [-0.2, 0) is 9.59 Å². The van der Waals surface area contributed by atoms with E-state index in [-0.39, 0.29) is 18.2 Å². The molecule has 1 unspecified atom stereocenters.